The summed E-state index contributed by atoms with van der Waals surface area (Å²) in [6.07, 6.45) is 2.54. The van der Waals surface area contributed by atoms with Crippen molar-refractivity contribution in [2.75, 3.05) is 33.4 Å². The van der Waals surface area contributed by atoms with Gasteiger partial charge >= 0.3 is 0 Å². The monoisotopic (exact) mass is 376 g/mol. The lowest BCUT2D eigenvalue weighted by Gasteiger charge is -2.41. The van der Waals surface area contributed by atoms with Gasteiger partial charge in [-0.3, -0.25) is 9.69 Å². The van der Waals surface area contributed by atoms with Gasteiger partial charge in [0.25, 0.3) is 5.91 Å². The Labute approximate surface area is 165 Å². The molecule has 1 aromatic carbocycles. The molecule has 0 radical (unpaired) electrons. The first-order chi connectivity index (χ1) is 13.6. The molecule has 28 heavy (non-hydrogen) atoms. The molecule has 0 N–H and O–H groups in total. The van der Waals surface area contributed by atoms with Crippen molar-refractivity contribution in [3.05, 3.63) is 59.3 Å². The van der Waals surface area contributed by atoms with Crippen LogP contribution in [0.25, 0.3) is 0 Å². The Kier molecular flexibility index (Phi) is 5.13. The van der Waals surface area contributed by atoms with E-state index in [9.17, 15) is 4.79 Å². The van der Waals surface area contributed by atoms with Gasteiger partial charge in [-0.1, -0.05) is 30.0 Å². The van der Waals surface area contributed by atoms with Crippen molar-refractivity contribution in [2.45, 2.75) is 13.0 Å². The Morgan fingerprint density at radius 1 is 1.18 bits per heavy atom. The molecule has 0 atom stereocenters. The summed E-state index contributed by atoms with van der Waals surface area (Å²) >= 11 is 0. The Hall–Kier alpha value is -3.11. The van der Waals surface area contributed by atoms with Gasteiger partial charge in [-0.05, 0) is 12.1 Å². The molecule has 0 saturated heterocycles. The first-order valence-corrected chi connectivity index (χ1v) is 9.43. The fourth-order valence-electron chi connectivity index (χ4n) is 3.67. The van der Waals surface area contributed by atoms with E-state index in [2.05, 4.69) is 38.9 Å². The number of hydrogen-bond donors (Lipinski definition) is 0. The predicted molar refractivity (Wildman–Crippen MR) is 106 cm³/mol. The molecule has 2 aliphatic heterocycles. The maximum absolute atomic E-state index is 13.1. The van der Waals surface area contributed by atoms with Gasteiger partial charge in [0, 0.05) is 44.9 Å². The zero-order valence-corrected chi connectivity index (χ0v) is 16.3. The molecule has 0 aliphatic carbocycles. The third kappa shape index (κ3) is 3.78. The number of aromatic nitrogens is 3. The van der Waals surface area contributed by atoms with Crippen LogP contribution in [-0.2, 0) is 18.4 Å². The molecule has 2 aliphatic rings. The van der Waals surface area contributed by atoms with E-state index in [0.717, 1.165) is 35.6 Å². The van der Waals surface area contributed by atoms with Gasteiger partial charge in [-0.15, -0.1) is 10.2 Å². The van der Waals surface area contributed by atoms with Gasteiger partial charge in [-0.2, -0.15) is 0 Å². The third-order valence-corrected chi connectivity index (χ3v) is 5.23. The topological polar surface area (TPSA) is 57.5 Å². The van der Waals surface area contributed by atoms with Crippen LogP contribution in [0.2, 0.25) is 0 Å². The second-order valence-corrected chi connectivity index (χ2v) is 7.25. The molecule has 0 fully saturated rings. The minimum atomic E-state index is 0.0943. The summed E-state index contributed by atoms with van der Waals surface area (Å²) < 4.78 is 1.85. The Morgan fingerprint density at radius 2 is 2.00 bits per heavy atom. The Bertz CT molecular complexity index is 952. The van der Waals surface area contributed by atoms with Crippen molar-refractivity contribution < 1.29 is 4.79 Å². The molecular weight excluding hydrogens is 352 g/mol. The second kappa shape index (κ2) is 7.87. The van der Waals surface area contributed by atoms with Crippen molar-refractivity contribution in [1.29, 1.82) is 0 Å². The Balaban J connectivity index is 1.45. The maximum Gasteiger partial charge on any atom is 0.254 e. The molecule has 144 valence electrons. The van der Waals surface area contributed by atoms with Crippen LogP contribution in [0.15, 0.2) is 47.9 Å². The summed E-state index contributed by atoms with van der Waals surface area (Å²) in [6, 6.07) is 9.98. The number of benzene rings is 1. The van der Waals surface area contributed by atoms with Crippen LogP contribution in [-0.4, -0.2) is 68.7 Å². The second-order valence-electron chi connectivity index (χ2n) is 7.25. The van der Waals surface area contributed by atoms with E-state index in [0.29, 0.717) is 26.3 Å². The first-order valence-electron chi connectivity index (χ1n) is 9.43. The average molecular weight is 376 g/mol. The van der Waals surface area contributed by atoms with Crippen LogP contribution in [0.4, 0.5) is 0 Å². The van der Waals surface area contributed by atoms with Crippen molar-refractivity contribution >= 4 is 5.91 Å². The highest BCUT2D eigenvalue weighted by atomic mass is 16.2. The Morgan fingerprint density at radius 3 is 2.75 bits per heavy atom. The fraction of sp³-hybridized carbons (Fsp3) is 0.381. The smallest absolute Gasteiger partial charge is 0.254 e. The van der Waals surface area contributed by atoms with Gasteiger partial charge in [0.05, 0.1) is 25.3 Å². The van der Waals surface area contributed by atoms with Crippen molar-refractivity contribution in [3.8, 4) is 11.8 Å². The normalized spacial score (nSPS) is 17.4. The minimum absolute atomic E-state index is 0.0943. The zero-order chi connectivity index (χ0) is 19.5. The van der Waals surface area contributed by atoms with Crippen molar-refractivity contribution in [2.24, 2.45) is 7.05 Å². The summed E-state index contributed by atoms with van der Waals surface area (Å²) in [4.78, 5) is 19.4. The molecule has 0 spiro atoms. The summed E-state index contributed by atoms with van der Waals surface area (Å²) in [5.74, 6) is 7.32. The highest BCUT2D eigenvalue weighted by Crippen LogP contribution is 2.27. The van der Waals surface area contributed by atoms with Gasteiger partial charge in [0.1, 0.15) is 6.33 Å². The first kappa shape index (κ1) is 18.3. The predicted octanol–water partition coefficient (Wildman–Crippen LogP) is 1.06. The summed E-state index contributed by atoms with van der Waals surface area (Å²) in [7, 11) is 3.95. The van der Waals surface area contributed by atoms with Gasteiger partial charge in [-0.25, -0.2) is 0 Å². The van der Waals surface area contributed by atoms with Crippen molar-refractivity contribution in [3.63, 3.8) is 0 Å². The molecule has 7 nitrogen and oxygen atoms in total. The van der Waals surface area contributed by atoms with E-state index < -0.39 is 0 Å². The van der Waals surface area contributed by atoms with E-state index in [1.165, 1.54) is 0 Å². The quantitative estimate of drug-likeness (QED) is 0.750. The van der Waals surface area contributed by atoms with Crippen LogP contribution < -0.4 is 0 Å². The molecule has 1 aromatic heterocycles. The number of rotatable bonds is 3. The molecule has 0 unspecified atom stereocenters. The molecule has 3 heterocycles. The van der Waals surface area contributed by atoms with E-state index in [4.69, 9.17) is 0 Å². The van der Waals surface area contributed by atoms with Crippen LogP contribution in [0, 0.1) is 11.8 Å². The lowest BCUT2D eigenvalue weighted by atomic mass is 10.0. The summed E-state index contributed by atoms with van der Waals surface area (Å²) in [5.41, 5.74) is 3.05. The third-order valence-electron chi connectivity index (χ3n) is 5.23. The van der Waals surface area contributed by atoms with Crippen LogP contribution in [0.1, 0.15) is 17.8 Å². The van der Waals surface area contributed by atoms with Crippen LogP contribution in [0.5, 0.6) is 0 Å². The number of carbonyl (C=O) groups is 1. The molecule has 7 heteroatoms. The molecule has 0 bridgehead atoms. The molecule has 0 saturated carbocycles. The fourth-order valence-corrected chi connectivity index (χ4v) is 3.67. The molecule has 2 aromatic rings. The van der Waals surface area contributed by atoms with Gasteiger partial charge in [0.15, 0.2) is 5.82 Å². The van der Waals surface area contributed by atoms with Gasteiger partial charge in [0.2, 0.25) is 0 Å². The number of carbonyl (C=O) groups excluding carboxylic acids is 1. The van der Waals surface area contributed by atoms with E-state index in [1.807, 2.05) is 46.8 Å². The molecule has 4 rings (SSSR count). The highest BCUT2D eigenvalue weighted by molar-refractivity contribution is 5.95. The summed E-state index contributed by atoms with van der Waals surface area (Å²) in [6.45, 7) is 3.26. The van der Waals surface area contributed by atoms with Gasteiger partial charge < -0.3 is 14.4 Å². The van der Waals surface area contributed by atoms with E-state index in [-0.39, 0.29) is 5.91 Å². The SMILES string of the molecule is CN1CN(Cc2nncn2C)C(=O)C2=C1CCN(CC#Cc1ccccc1)C2. The number of amides is 1. The number of nitrogens with zero attached hydrogens (tertiary/aromatic N) is 6. The molecule has 1 amide bonds. The standard InChI is InChI=1S/C21H24N6O/c1-24-15-22-23-20(24)14-27-16-25(2)19-10-12-26(13-18(19)21(27)28)11-6-9-17-7-4-3-5-8-17/h3-5,7-8,15H,10-14,16H2,1-2H3. The molecular formula is C21H24N6O. The minimum Gasteiger partial charge on any atom is -0.360 e. The lowest BCUT2D eigenvalue weighted by molar-refractivity contribution is -0.132. The van der Waals surface area contributed by atoms with Crippen LogP contribution >= 0.6 is 0 Å². The summed E-state index contributed by atoms with van der Waals surface area (Å²) in [5, 5.41) is 8.02. The highest BCUT2D eigenvalue weighted by Gasteiger charge is 2.34. The maximum atomic E-state index is 13.1. The van der Waals surface area contributed by atoms with Crippen molar-refractivity contribution in [1.82, 2.24) is 29.5 Å². The number of hydrogen-bond acceptors (Lipinski definition) is 5. The largest absolute Gasteiger partial charge is 0.360 e. The van der Waals surface area contributed by atoms with Crippen LogP contribution in [0.3, 0.4) is 0 Å². The zero-order valence-electron chi connectivity index (χ0n) is 16.3. The van der Waals surface area contributed by atoms with E-state index in [1.54, 1.807) is 6.33 Å². The average Bonchev–Trinajstić information content (AvgIpc) is 3.11. The van der Waals surface area contributed by atoms with E-state index >= 15 is 0 Å². The number of aryl methyl sites for hydroxylation is 1. The lowest BCUT2D eigenvalue weighted by Crippen LogP contribution is -2.50.